The van der Waals surface area contributed by atoms with Crippen molar-refractivity contribution < 1.29 is 9.90 Å². The molecular formula is C21H23N5O2. The molecule has 0 aliphatic carbocycles. The van der Waals surface area contributed by atoms with Gasteiger partial charge in [-0.25, -0.2) is 4.68 Å². The van der Waals surface area contributed by atoms with Gasteiger partial charge in [-0.2, -0.15) is 5.10 Å². The standard InChI is InChI=1S/C21H23N5O2/c27-20-15-25(14-16-5-3-9-22-13-16)12-8-18(20)24-21(28)17-6-1-2-7-19(17)26-11-4-10-23-26/h1-7,9-11,13,18,20,27H,8,12,14-15H2,(H,24,28)/t18-,20-/m1/s1. The summed E-state index contributed by atoms with van der Waals surface area (Å²) in [5, 5.41) is 17.8. The smallest absolute Gasteiger partial charge is 0.253 e. The first-order valence-electron chi connectivity index (χ1n) is 9.40. The van der Waals surface area contributed by atoms with Crippen molar-refractivity contribution in [3.05, 3.63) is 78.4 Å². The van der Waals surface area contributed by atoms with Gasteiger partial charge in [-0.05, 0) is 36.2 Å². The number of aromatic nitrogens is 3. The highest BCUT2D eigenvalue weighted by Gasteiger charge is 2.29. The molecule has 1 saturated heterocycles. The summed E-state index contributed by atoms with van der Waals surface area (Å²) in [5.74, 6) is -0.198. The van der Waals surface area contributed by atoms with E-state index in [1.165, 1.54) is 0 Å². The minimum Gasteiger partial charge on any atom is -0.390 e. The molecule has 2 atom stereocenters. The van der Waals surface area contributed by atoms with Gasteiger partial charge in [-0.3, -0.25) is 14.7 Å². The van der Waals surface area contributed by atoms with Gasteiger partial charge in [-0.15, -0.1) is 0 Å². The van der Waals surface area contributed by atoms with E-state index in [0.29, 0.717) is 24.2 Å². The molecule has 3 aromatic rings. The Bertz CT molecular complexity index is 914. The summed E-state index contributed by atoms with van der Waals surface area (Å²) in [7, 11) is 0. The Morgan fingerprint density at radius 2 is 2.07 bits per heavy atom. The summed E-state index contributed by atoms with van der Waals surface area (Å²) in [5.41, 5.74) is 2.37. The minimum atomic E-state index is -0.619. The van der Waals surface area contributed by atoms with E-state index < -0.39 is 6.10 Å². The number of pyridine rings is 1. The average molecular weight is 377 g/mol. The van der Waals surface area contributed by atoms with Gasteiger partial charge in [0.05, 0.1) is 23.4 Å². The summed E-state index contributed by atoms with van der Waals surface area (Å²) >= 11 is 0. The number of rotatable bonds is 5. The number of carbonyl (C=O) groups is 1. The summed E-state index contributed by atoms with van der Waals surface area (Å²) < 4.78 is 1.67. The van der Waals surface area contributed by atoms with Crippen LogP contribution in [0.1, 0.15) is 22.3 Å². The van der Waals surface area contributed by atoms with Crippen molar-refractivity contribution in [2.24, 2.45) is 0 Å². The number of benzene rings is 1. The van der Waals surface area contributed by atoms with Crippen LogP contribution in [0.3, 0.4) is 0 Å². The van der Waals surface area contributed by atoms with Crippen molar-refractivity contribution in [3.8, 4) is 5.69 Å². The van der Waals surface area contributed by atoms with Gasteiger partial charge in [0.25, 0.3) is 5.91 Å². The first kappa shape index (κ1) is 18.3. The third-order valence-corrected chi connectivity index (χ3v) is 5.01. The maximum atomic E-state index is 12.9. The molecule has 0 radical (unpaired) electrons. The number of amides is 1. The zero-order valence-electron chi connectivity index (χ0n) is 15.5. The lowest BCUT2D eigenvalue weighted by atomic mass is 10.0. The zero-order chi connectivity index (χ0) is 19.3. The lowest BCUT2D eigenvalue weighted by Crippen LogP contribution is -2.53. The third kappa shape index (κ3) is 4.11. The van der Waals surface area contributed by atoms with Crippen molar-refractivity contribution in [1.29, 1.82) is 0 Å². The monoisotopic (exact) mass is 377 g/mol. The first-order chi connectivity index (χ1) is 13.7. The number of nitrogens with one attached hydrogen (secondary N) is 1. The molecule has 1 aliphatic heterocycles. The highest BCUT2D eigenvalue weighted by molar-refractivity contribution is 5.97. The molecule has 2 aromatic heterocycles. The SMILES string of the molecule is O=C(N[C@@H]1CCN(Cc2cccnc2)C[C@H]1O)c1ccccc1-n1cccn1. The Kier molecular flexibility index (Phi) is 5.45. The van der Waals surface area contributed by atoms with E-state index >= 15 is 0 Å². The number of para-hydroxylation sites is 1. The van der Waals surface area contributed by atoms with Crippen molar-refractivity contribution in [2.45, 2.75) is 25.1 Å². The van der Waals surface area contributed by atoms with Gasteiger partial charge in [-0.1, -0.05) is 18.2 Å². The van der Waals surface area contributed by atoms with E-state index in [4.69, 9.17) is 0 Å². The van der Waals surface area contributed by atoms with E-state index in [-0.39, 0.29) is 11.9 Å². The van der Waals surface area contributed by atoms with Gasteiger partial charge in [0.2, 0.25) is 0 Å². The molecule has 1 amide bonds. The van der Waals surface area contributed by atoms with Gasteiger partial charge in [0, 0.05) is 44.4 Å². The molecule has 0 bridgehead atoms. The summed E-state index contributed by atoms with van der Waals surface area (Å²) in [6.45, 7) is 2.06. The van der Waals surface area contributed by atoms with Crippen LogP contribution in [0.25, 0.3) is 5.69 Å². The number of carbonyl (C=O) groups excluding carboxylic acids is 1. The Balaban J connectivity index is 1.40. The second-order valence-corrected chi connectivity index (χ2v) is 7.00. The zero-order valence-corrected chi connectivity index (χ0v) is 15.5. The molecule has 4 rings (SSSR count). The summed E-state index contributed by atoms with van der Waals surface area (Å²) in [6.07, 6.45) is 7.14. The highest BCUT2D eigenvalue weighted by Crippen LogP contribution is 2.17. The first-order valence-corrected chi connectivity index (χ1v) is 9.40. The van der Waals surface area contributed by atoms with Crippen LogP contribution < -0.4 is 5.32 Å². The van der Waals surface area contributed by atoms with Crippen molar-refractivity contribution in [3.63, 3.8) is 0 Å². The van der Waals surface area contributed by atoms with E-state index in [1.54, 1.807) is 29.3 Å². The fraction of sp³-hybridized carbons (Fsp3) is 0.286. The fourth-order valence-electron chi connectivity index (χ4n) is 3.58. The molecule has 1 aromatic carbocycles. The Labute approximate surface area is 163 Å². The minimum absolute atomic E-state index is 0.198. The number of aliphatic hydroxyl groups is 1. The van der Waals surface area contributed by atoms with Crippen LogP contribution >= 0.6 is 0 Å². The van der Waals surface area contributed by atoms with E-state index in [0.717, 1.165) is 18.7 Å². The number of hydrogen-bond acceptors (Lipinski definition) is 5. The molecule has 144 valence electrons. The van der Waals surface area contributed by atoms with E-state index in [9.17, 15) is 9.90 Å². The second kappa shape index (κ2) is 8.33. The van der Waals surface area contributed by atoms with Crippen LogP contribution in [0, 0.1) is 0 Å². The van der Waals surface area contributed by atoms with Gasteiger partial charge in [0.15, 0.2) is 0 Å². The maximum Gasteiger partial charge on any atom is 0.253 e. The second-order valence-electron chi connectivity index (χ2n) is 7.00. The van der Waals surface area contributed by atoms with E-state index in [1.807, 2.05) is 42.6 Å². The van der Waals surface area contributed by atoms with Crippen LogP contribution in [0.15, 0.2) is 67.3 Å². The van der Waals surface area contributed by atoms with Crippen LogP contribution in [-0.4, -0.2) is 55.9 Å². The van der Waals surface area contributed by atoms with Gasteiger partial charge in [0.1, 0.15) is 0 Å². The van der Waals surface area contributed by atoms with Crippen molar-refractivity contribution >= 4 is 5.91 Å². The molecule has 2 N–H and O–H groups in total. The molecule has 0 saturated carbocycles. The Hall–Kier alpha value is -3.03. The highest BCUT2D eigenvalue weighted by atomic mass is 16.3. The molecule has 0 spiro atoms. The van der Waals surface area contributed by atoms with Crippen molar-refractivity contribution in [2.75, 3.05) is 13.1 Å². The van der Waals surface area contributed by atoms with Crippen LogP contribution in [0.2, 0.25) is 0 Å². The lowest BCUT2D eigenvalue weighted by Gasteiger charge is -2.36. The molecule has 1 aliphatic rings. The number of nitrogens with zero attached hydrogens (tertiary/aromatic N) is 4. The average Bonchev–Trinajstić information content (AvgIpc) is 3.25. The Morgan fingerprint density at radius 3 is 2.82 bits per heavy atom. The number of likely N-dealkylation sites (tertiary alicyclic amines) is 1. The molecule has 28 heavy (non-hydrogen) atoms. The maximum absolute atomic E-state index is 12.9. The largest absolute Gasteiger partial charge is 0.390 e. The predicted molar refractivity (Wildman–Crippen MR) is 105 cm³/mol. The number of piperidine rings is 1. The van der Waals surface area contributed by atoms with E-state index in [2.05, 4.69) is 20.3 Å². The van der Waals surface area contributed by atoms with Gasteiger partial charge >= 0.3 is 0 Å². The summed E-state index contributed by atoms with van der Waals surface area (Å²) in [6, 6.07) is 12.8. The number of β-amino-alcohol motifs (C(OH)–C–C–N with tert-alkyl or cyclic N) is 1. The number of aliphatic hydroxyl groups excluding tert-OH is 1. The lowest BCUT2D eigenvalue weighted by molar-refractivity contribution is 0.0349. The topological polar surface area (TPSA) is 83.3 Å². The third-order valence-electron chi connectivity index (χ3n) is 5.01. The molecule has 1 fully saturated rings. The number of hydrogen-bond donors (Lipinski definition) is 2. The van der Waals surface area contributed by atoms with Crippen LogP contribution in [0.4, 0.5) is 0 Å². The van der Waals surface area contributed by atoms with Crippen LogP contribution in [0.5, 0.6) is 0 Å². The van der Waals surface area contributed by atoms with Gasteiger partial charge < -0.3 is 10.4 Å². The normalized spacial score (nSPS) is 20.0. The fourth-order valence-corrected chi connectivity index (χ4v) is 3.58. The molecular weight excluding hydrogens is 354 g/mol. The summed E-state index contributed by atoms with van der Waals surface area (Å²) in [4.78, 5) is 19.2. The molecule has 3 heterocycles. The molecule has 0 unspecified atom stereocenters. The Morgan fingerprint density at radius 1 is 1.18 bits per heavy atom. The van der Waals surface area contributed by atoms with Crippen LogP contribution in [-0.2, 0) is 6.54 Å². The molecule has 7 heteroatoms. The quantitative estimate of drug-likeness (QED) is 0.706. The molecule has 7 nitrogen and oxygen atoms in total. The van der Waals surface area contributed by atoms with Crippen molar-refractivity contribution in [1.82, 2.24) is 25.0 Å². The predicted octanol–water partition coefficient (Wildman–Crippen LogP) is 1.63.